The molecular formula is C18H23F2N3O3. The molecule has 8 heteroatoms. The summed E-state index contributed by atoms with van der Waals surface area (Å²) < 4.78 is 31.6. The van der Waals surface area contributed by atoms with E-state index in [9.17, 15) is 18.4 Å². The molecule has 2 amide bonds. The number of amides is 2. The molecule has 26 heavy (non-hydrogen) atoms. The second-order valence-electron chi connectivity index (χ2n) is 5.95. The Balaban J connectivity index is 2.20. The average Bonchev–Trinajstić information content (AvgIpc) is 2.61. The number of esters is 1. The zero-order chi connectivity index (χ0) is 19.3. The van der Waals surface area contributed by atoms with E-state index >= 15 is 0 Å². The molecule has 142 valence electrons. The third kappa shape index (κ3) is 4.57. The summed E-state index contributed by atoms with van der Waals surface area (Å²) in [5.74, 6) is -2.34. The highest BCUT2D eigenvalue weighted by atomic mass is 19.2. The van der Waals surface area contributed by atoms with Gasteiger partial charge in [0.1, 0.15) is 0 Å². The van der Waals surface area contributed by atoms with Crippen molar-refractivity contribution in [2.45, 2.75) is 39.3 Å². The van der Waals surface area contributed by atoms with Gasteiger partial charge in [-0.3, -0.25) is 0 Å². The van der Waals surface area contributed by atoms with Crippen molar-refractivity contribution in [3.05, 3.63) is 46.7 Å². The highest BCUT2D eigenvalue weighted by Crippen LogP contribution is 2.19. The first kappa shape index (κ1) is 19.8. The molecular weight excluding hydrogens is 344 g/mol. The Morgan fingerprint density at radius 1 is 1.31 bits per heavy atom. The summed E-state index contributed by atoms with van der Waals surface area (Å²) in [7, 11) is 0. The van der Waals surface area contributed by atoms with Crippen LogP contribution in [0.1, 0.15) is 38.8 Å². The van der Waals surface area contributed by atoms with E-state index < -0.39 is 29.7 Å². The molecule has 0 saturated heterocycles. The quantitative estimate of drug-likeness (QED) is 0.647. The summed E-state index contributed by atoms with van der Waals surface area (Å²) in [5.41, 5.74) is 1.32. The van der Waals surface area contributed by atoms with Crippen molar-refractivity contribution in [2.75, 3.05) is 13.2 Å². The van der Waals surface area contributed by atoms with E-state index in [1.54, 1.807) is 13.8 Å². The second-order valence-corrected chi connectivity index (χ2v) is 5.95. The van der Waals surface area contributed by atoms with Crippen molar-refractivity contribution in [1.29, 1.82) is 0 Å². The lowest BCUT2D eigenvalue weighted by molar-refractivity contribution is -0.139. The van der Waals surface area contributed by atoms with Crippen LogP contribution in [0.5, 0.6) is 0 Å². The van der Waals surface area contributed by atoms with Crippen LogP contribution in [0, 0.1) is 11.6 Å². The Bertz CT molecular complexity index is 722. The number of hydrogen-bond acceptors (Lipinski definition) is 4. The maximum Gasteiger partial charge on any atom is 0.337 e. The highest BCUT2D eigenvalue weighted by molar-refractivity contribution is 5.94. The summed E-state index contributed by atoms with van der Waals surface area (Å²) in [5, 5.41) is 8.43. The van der Waals surface area contributed by atoms with Crippen molar-refractivity contribution in [1.82, 2.24) is 16.0 Å². The molecule has 0 aromatic heterocycles. The number of nitrogens with one attached hydrogen (secondary N) is 3. The van der Waals surface area contributed by atoms with Crippen LogP contribution in [0.2, 0.25) is 0 Å². The highest BCUT2D eigenvalue weighted by Gasteiger charge is 2.31. The van der Waals surface area contributed by atoms with Crippen molar-refractivity contribution in [3.63, 3.8) is 0 Å². The lowest BCUT2D eigenvalue weighted by atomic mass is 10.00. The van der Waals surface area contributed by atoms with Crippen LogP contribution >= 0.6 is 0 Å². The summed E-state index contributed by atoms with van der Waals surface area (Å²) in [6.07, 6.45) is 0.532. The predicted molar refractivity (Wildman–Crippen MR) is 92.2 cm³/mol. The Morgan fingerprint density at radius 2 is 2.04 bits per heavy atom. The molecule has 0 bridgehead atoms. The van der Waals surface area contributed by atoms with Gasteiger partial charge in [0, 0.05) is 18.3 Å². The first-order chi connectivity index (χ1) is 12.4. The molecule has 0 unspecified atom stereocenters. The summed E-state index contributed by atoms with van der Waals surface area (Å²) in [6.45, 7) is 5.72. The van der Waals surface area contributed by atoms with Gasteiger partial charge >= 0.3 is 12.0 Å². The van der Waals surface area contributed by atoms with Gasteiger partial charge in [-0.05, 0) is 38.0 Å². The van der Waals surface area contributed by atoms with Crippen LogP contribution in [0.4, 0.5) is 13.6 Å². The summed E-state index contributed by atoms with van der Waals surface area (Å²) in [6, 6.07) is 2.48. The van der Waals surface area contributed by atoms with E-state index in [1.807, 2.05) is 6.92 Å². The van der Waals surface area contributed by atoms with Gasteiger partial charge in [-0.25, -0.2) is 18.4 Å². The standard InChI is InChI=1S/C18H23F2N3O3/c1-4-14-16(17(24)26-5-2)15(23-18(25)22-14)9-21-10(3)11-6-7-12(19)13(20)8-11/h6-8,10,14,21H,4-5,9H2,1-3H3,(H2,22,23,25)/t10-,14+/m0/s1. The van der Waals surface area contributed by atoms with Crippen LogP contribution in [-0.4, -0.2) is 31.2 Å². The van der Waals surface area contributed by atoms with E-state index in [1.165, 1.54) is 6.07 Å². The molecule has 1 aromatic rings. The third-order valence-electron chi connectivity index (χ3n) is 4.18. The second kappa shape index (κ2) is 8.75. The molecule has 3 N–H and O–H groups in total. The SMILES string of the molecule is CCOC(=O)C1=C(CN[C@@H](C)c2ccc(F)c(F)c2)NC(=O)N[C@@H]1CC. The van der Waals surface area contributed by atoms with E-state index in [-0.39, 0.29) is 19.2 Å². The van der Waals surface area contributed by atoms with E-state index in [4.69, 9.17) is 4.74 Å². The summed E-state index contributed by atoms with van der Waals surface area (Å²) >= 11 is 0. The molecule has 0 fully saturated rings. The van der Waals surface area contributed by atoms with Gasteiger partial charge in [0.2, 0.25) is 0 Å². The van der Waals surface area contributed by atoms with Gasteiger partial charge in [-0.2, -0.15) is 0 Å². The first-order valence-electron chi connectivity index (χ1n) is 8.53. The Kier molecular flexibility index (Phi) is 6.68. The number of halogens is 2. The van der Waals surface area contributed by atoms with E-state index in [0.29, 0.717) is 23.3 Å². The van der Waals surface area contributed by atoms with Crippen LogP contribution < -0.4 is 16.0 Å². The zero-order valence-corrected chi connectivity index (χ0v) is 15.0. The van der Waals surface area contributed by atoms with E-state index in [0.717, 1.165) is 12.1 Å². The molecule has 0 spiro atoms. The fourth-order valence-electron chi connectivity index (χ4n) is 2.76. The molecule has 6 nitrogen and oxygen atoms in total. The summed E-state index contributed by atoms with van der Waals surface area (Å²) in [4.78, 5) is 24.1. The number of hydrogen-bond donors (Lipinski definition) is 3. The minimum Gasteiger partial charge on any atom is -0.463 e. The largest absolute Gasteiger partial charge is 0.463 e. The van der Waals surface area contributed by atoms with Crippen molar-refractivity contribution in [3.8, 4) is 0 Å². The van der Waals surface area contributed by atoms with Crippen molar-refractivity contribution in [2.24, 2.45) is 0 Å². The number of urea groups is 1. The van der Waals surface area contributed by atoms with Gasteiger partial charge in [0.25, 0.3) is 0 Å². The zero-order valence-electron chi connectivity index (χ0n) is 15.0. The number of carbonyl (C=O) groups excluding carboxylic acids is 2. The maximum absolute atomic E-state index is 13.4. The average molecular weight is 367 g/mol. The van der Waals surface area contributed by atoms with Gasteiger partial charge in [-0.1, -0.05) is 13.0 Å². The fourth-order valence-corrected chi connectivity index (χ4v) is 2.76. The normalized spacial score (nSPS) is 18.2. The smallest absolute Gasteiger partial charge is 0.337 e. The van der Waals surface area contributed by atoms with Gasteiger partial charge < -0.3 is 20.7 Å². The molecule has 0 saturated carbocycles. The number of benzene rings is 1. The van der Waals surface area contributed by atoms with E-state index in [2.05, 4.69) is 16.0 Å². The number of carbonyl (C=O) groups is 2. The minimum absolute atomic E-state index is 0.165. The minimum atomic E-state index is -0.927. The van der Waals surface area contributed by atoms with Crippen LogP contribution in [0.25, 0.3) is 0 Å². The molecule has 1 heterocycles. The predicted octanol–water partition coefficient (Wildman–Crippen LogP) is 2.52. The number of ether oxygens (including phenoxy) is 1. The van der Waals surface area contributed by atoms with Crippen molar-refractivity contribution >= 4 is 12.0 Å². The Labute approximate surface area is 151 Å². The maximum atomic E-state index is 13.4. The van der Waals surface area contributed by atoms with Gasteiger partial charge in [0.05, 0.1) is 18.2 Å². The molecule has 1 aliphatic heterocycles. The van der Waals surface area contributed by atoms with Gasteiger partial charge in [0.15, 0.2) is 11.6 Å². The van der Waals surface area contributed by atoms with Crippen LogP contribution in [0.15, 0.2) is 29.5 Å². The molecule has 1 aliphatic rings. The molecule has 2 atom stereocenters. The lowest BCUT2D eigenvalue weighted by Crippen LogP contribution is -2.52. The molecule has 1 aromatic carbocycles. The Hall–Kier alpha value is -2.48. The number of rotatable bonds is 7. The molecule has 2 rings (SSSR count). The Morgan fingerprint density at radius 3 is 2.65 bits per heavy atom. The first-order valence-corrected chi connectivity index (χ1v) is 8.53. The molecule has 0 aliphatic carbocycles. The monoisotopic (exact) mass is 367 g/mol. The third-order valence-corrected chi connectivity index (χ3v) is 4.18. The van der Waals surface area contributed by atoms with Crippen molar-refractivity contribution < 1.29 is 23.1 Å². The van der Waals surface area contributed by atoms with Gasteiger partial charge in [-0.15, -0.1) is 0 Å². The van der Waals surface area contributed by atoms with Crippen LogP contribution in [-0.2, 0) is 9.53 Å². The topological polar surface area (TPSA) is 79.5 Å². The molecule has 0 radical (unpaired) electrons. The fraction of sp³-hybridized carbons (Fsp3) is 0.444. The van der Waals surface area contributed by atoms with Crippen LogP contribution in [0.3, 0.4) is 0 Å². The lowest BCUT2D eigenvalue weighted by Gasteiger charge is -2.29.